The first-order chi connectivity index (χ1) is 12.4. The van der Waals surface area contributed by atoms with Gasteiger partial charge in [-0.05, 0) is 37.3 Å². The molecule has 0 saturated carbocycles. The molecule has 26 heavy (non-hydrogen) atoms. The van der Waals surface area contributed by atoms with Crippen LogP contribution in [0.2, 0.25) is 10.0 Å². The van der Waals surface area contributed by atoms with Crippen molar-refractivity contribution in [3.8, 4) is 11.1 Å². The molecule has 5 nitrogen and oxygen atoms in total. The number of carbonyl (C=O) groups is 1. The molecule has 1 amide bonds. The van der Waals surface area contributed by atoms with Crippen LogP contribution in [0, 0.1) is 12.7 Å². The Bertz CT molecular complexity index is 976. The van der Waals surface area contributed by atoms with E-state index in [0.717, 1.165) is 0 Å². The predicted octanol–water partition coefficient (Wildman–Crippen LogP) is 4.74. The highest BCUT2D eigenvalue weighted by atomic mass is 35.5. The summed E-state index contributed by atoms with van der Waals surface area (Å²) in [5.41, 5.74) is 6.20. The summed E-state index contributed by atoms with van der Waals surface area (Å²) in [4.78, 5) is 19.9. The van der Waals surface area contributed by atoms with E-state index in [1.807, 2.05) is 0 Å². The Morgan fingerprint density at radius 2 is 1.77 bits per heavy atom. The van der Waals surface area contributed by atoms with Gasteiger partial charge in [-0.15, -0.1) is 0 Å². The van der Waals surface area contributed by atoms with E-state index in [4.69, 9.17) is 28.9 Å². The molecule has 0 bridgehead atoms. The normalized spacial score (nSPS) is 10.6. The summed E-state index contributed by atoms with van der Waals surface area (Å²) < 4.78 is 15.1. The van der Waals surface area contributed by atoms with Gasteiger partial charge in [-0.25, -0.2) is 14.4 Å². The Kier molecular flexibility index (Phi) is 5.06. The number of aryl methyl sites for hydroxylation is 1. The molecule has 2 aromatic carbocycles. The molecule has 0 aliphatic rings. The van der Waals surface area contributed by atoms with Crippen LogP contribution in [0.15, 0.2) is 42.7 Å². The maximum absolute atomic E-state index is 15.1. The zero-order chi connectivity index (χ0) is 18.8. The smallest absolute Gasteiger partial charge is 0.253 e. The number of hydrogen-bond acceptors (Lipinski definition) is 4. The molecular formula is C18H13Cl2FN4O. The lowest BCUT2D eigenvalue weighted by molar-refractivity contribution is 0.0997. The zero-order valence-corrected chi connectivity index (χ0v) is 15.1. The molecule has 132 valence electrons. The highest BCUT2D eigenvalue weighted by molar-refractivity contribution is 6.34. The third-order valence-electron chi connectivity index (χ3n) is 3.66. The van der Waals surface area contributed by atoms with Crippen molar-refractivity contribution in [2.75, 3.05) is 5.32 Å². The number of amides is 1. The lowest BCUT2D eigenvalue weighted by Crippen LogP contribution is -2.16. The van der Waals surface area contributed by atoms with Crippen molar-refractivity contribution in [3.63, 3.8) is 0 Å². The first kappa shape index (κ1) is 18.1. The molecule has 0 fully saturated rings. The van der Waals surface area contributed by atoms with Crippen LogP contribution < -0.4 is 11.1 Å². The molecule has 0 spiro atoms. The van der Waals surface area contributed by atoms with Crippen LogP contribution >= 0.6 is 23.2 Å². The van der Waals surface area contributed by atoms with Crippen LogP contribution in [0.4, 0.5) is 15.8 Å². The first-order valence-electron chi connectivity index (χ1n) is 7.50. The van der Waals surface area contributed by atoms with Gasteiger partial charge in [0.15, 0.2) is 0 Å². The zero-order valence-electron chi connectivity index (χ0n) is 13.6. The van der Waals surface area contributed by atoms with Crippen LogP contribution in [-0.4, -0.2) is 15.9 Å². The van der Waals surface area contributed by atoms with Crippen LogP contribution in [0.1, 0.15) is 16.2 Å². The van der Waals surface area contributed by atoms with E-state index in [-0.39, 0.29) is 21.8 Å². The largest absolute Gasteiger partial charge is 0.365 e. The van der Waals surface area contributed by atoms with Crippen molar-refractivity contribution < 1.29 is 9.18 Å². The molecule has 1 heterocycles. The molecule has 0 radical (unpaired) electrons. The van der Waals surface area contributed by atoms with Crippen LogP contribution in [0.5, 0.6) is 0 Å². The number of anilines is 2. The number of nitrogens with zero attached hydrogens (tertiary/aromatic N) is 2. The molecule has 8 heteroatoms. The summed E-state index contributed by atoms with van der Waals surface area (Å²) in [6, 6.07) is 8.11. The van der Waals surface area contributed by atoms with Gasteiger partial charge in [-0.2, -0.15) is 0 Å². The van der Waals surface area contributed by atoms with Gasteiger partial charge < -0.3 is 11.1 Å². The van der Waals surface area contributed by atoms with E-state index in [2.05, 4.69) is 15.3 Å². The standard InChI is InChI=1S/C18H13Cl2FN4O/c1-9-23-7-10(8-24-9)15-13(20)6-14(16(17(15)21)18(22)26)25-12-4-2-11(19)3-5-12/h2-8,25H,1H3,(H2,22,26). The third-order valence-corrected chi connectivity index (χ3v) is 4.21. The minimum absolute atomic E-state index is 0.0159. The molecule has 0 atom stereocenters. The number of aromatic nitrogens is 2. The average molecular weight is 391 g/mol. The van der Waals surface area contributed by atoms with E-state index < -0.39 is 11.7 Å². The Morgan fingerprint density at radius 1 is 1.15 bits per heavy atom. The van der Waals surface area contributed by atoms with Crippen molar-refractivity contribution in [1.82, 2.24) is 9.97 Å². The first-order valence-corrected chi connectivity index (χ1v) is 8.26. The molecule has 3 N–H and O–H groups in total. The summed E-state index contributed by atoms with van der Waals surface area (Å²) in [5, 5.41) is 3.58. The summed E-state index contributed by atoms with van der Waals surface area (Å²) in [6.07, 6.45) is 2.87. The summed E-state index contributed by atoms with van der Waals surface area (Å²) in [7, 11) is 0. The topological polar surface area (TPSA) is 80.9 Å². The fourth-order valence-corrected chi connectivity index (χ4v) is 2.86. The Labute approximate surface area is 159 Å². The second-order valence-electron chi connectivity index (χ2n) is 5.49. The molecule has 3 rings (SSSR count). The number of halogens is 3. The molecule has 3 aromatic rings. The van der Waals surface area contributed by atoms with Crippen molar-refractivity contribution in [2.24, 2.45) is 5.73 Å². The average Bonchev–Trinajstić information content (AvgIpc) is 2.58. The van der Waals surface area contributed by atoms with Crippen molar-refractivity contribution in [3.05, 3.63) is 70.0 Å². The quantitative estimate of drug-likeness (QED) is 0.673. The summed E-state index contributed by atoms with van der Waals surface area (Å²) >= 11 is 12.1. The van der Waals surface area contributed by atoms with E-state index in [1.54, 1.807) is 31.2 Å². The predicted molar refractivity (Wildman–Crippen MR) is 100 cm³/mol. The number of primary amides is 1. The minimum atomic E-state index is -0.926. The maximum atomic E-state index is 15.1. The summed E-state index contributed by atoms with van der Waals surface area (Å²) in [5.74, 6) is -1.24. The van der Waals surface area contributed by atoms with Gasteiger partial charge >= 0.3 is 0 Å². The van der Waals surface area contributed by atoms with E-state index in [0.29, 0.717) is 22.1 Å². The van der Waals surface area contributed by atoms with Gasteiger partial charge in [0, 0.05) is 34.2 Å². The van der Waals surface area contributed by atoms with Gasteiger partial charge in [0.2, 0.25) is 0 Å². The number of rotatable bonds is 4. The third kappa shape index (κ3) is 3.61. The lowest BCUT2D eigenvalue weighted by Gasteiger charge is -2.15. The van der Waals surface area contributed by atoms with Crippen molar-refractivity contribution in [2.45, 2.75) is 6.92 Å². The maximum Gasteiger partial charge on any atom is 0.253 e. The fourth-order valence-electron chi connectivity index (χ4n) is 2.43. The fraction of sp³-hybridized carbons (Fsp3) is 0.0556. The minimum Gasteiger partial charge on any atom is -0.365 e. The van der Waals surface area contributed by atoms with Crippen LogP contribution in [0.25, 0.3) is 11.1 Å². The van der Waals surface area contributed by atoms with Gasteiger partial charge in [-0.1, -0.05) is 23.2 Å². The van der Waals surface area contributed by atoms with Crippen molar-refractivity contribution in [1.29, 1.82) is 0 Å². The van der Waals surface area contributed by atoms with Gasteiger partial charge in [0.1, 0.15) is 11.6 Å². The number of hydrogen-bond donors (Lipinski definition) is 2. The summed E-state index contributed by atoms with van der Waals surface area (Å²) in [6.45, 7) is 1.70. The van der Waals surface area contributed by atoms with E-state index in [9.17, 15) is 4.79 Å². The monoisotopic (exact) mass is 390 g/mol. The Morgan fingerprint density at radius 3 is 2.35 bits per heavy atom. The lowest BCUT2D eigenvalue weighted by atomic mass is 10.0. The highest BCUT2D eigenvalue weighted by Gasteiger charge is 2.23. The van der Waals surface area contributed by atoms with Gasteiger partial charge in [0.25, 0.3) is 5.91 Å². The van der Waals surface area contributed by atoms with Crippen molar-refractivity contribution >= 4 is 40.5 Å². The molecule has 0 aliphatic carbocycles. The molecule has 0 aliphatic heterocycles. The second-order valence-corrected chi connectivity index (χ2v) is 6.33. The van der Waals surface area contributed by atoms with Gasteiger partial charge in [-0.3, -0.25) is 4.79 Å². The number of carbonyl (C=O) groups excluding carboxylic acids is 1. The Hall–Kier alpha value is -2.70. The van der Waals surface area contributed by atoms with Crippen LogP contribution in [-0.2, 0) is 0 Å². The molecule has 0 saturated heterocycles. The molecular weight excluding hydrogens is 378 g/mol. The Balaban J connectivity index is 2.13. The number of nitrogens with two attached hydrogens (primary N) is 1. The second kappa shape index (κ2) is 7.27. The highest BCUT2D eigenvalue weighted by Crippen LogP contribution is 2.37. The molecule has 0 unspecified atom stereocenters. The number of nitrogens with one attached hydrogen (secondary N) is 1. The number of benzene rings is 2. The van der Waals surface area contributed by atoms with Gasteiger partial charge in [0.05, 0.1) is 16.3 Å². The van der Waals surface area contributed by atoms with Crippen LogP contribution in [0.3, 0.4) is 0 Å². The SMILES string of the molecule is Cc1ncc(-c2c(Cl)cc(Nc3ccc(Cl)cc3)c(C(N)=O)c2F)cn1. The molecule has 1 aromatic heterocycles. The van der Waals surface area contributed by atoms with E-state index >= 15 is 4.39 Å². The van der Waals surface area contributed by atoms with E-state index in [1.165, 1.54) is 18.5 Å².